The van der Waals surface area contributed by atoms with E-state index >= 15 is 0 Å². The Morgan fingerprint density at radius 2 is 1.95 bits per heavy atom. The van der Waals surface area contributed by atoms with Gasteiger partial charge in [0, 0.05) is 12.1 Å². The van der Waals surface area contributed by atoms with Gasteiger partial charge in [0.1, 0.15) is 6.61 Å². The van der Waals surface area contributed by atoms with Crippen LogP contribution in [-0.4, -0.2) is 35.0 Å². The van der Waals surface area contributed by atoms with Crippen LogP contribution in [0, 0.1) is 10.1 Å². The van der Waals surface area contributed by atoms with Crippen molar-refractivity contribution in [3.63, 3.8) is 0 Å². The van der Waals surface area contributed by atoms with Gasteiger partial charge < -0.3 is 10.4 Å². The number of carbonyl (C=O) groups is 1. The number of nitrogens with zero attached hydrogens (tertiary/aromatic N) is 1. The minimum absolute atomic E-state index is 0.115. The number of carbonyl (C=O) groups excluding carboxylic acids is 1. The summed E-state index contributed by atoms with van der Waals surface area (Å²) < 4.78 is 25.3. The molecule has 1 aromatic carbocycles. The third-order valence-electron chi connectivity index (χ3n) is 2.29. The lowest BCUT2D eigenvalue weighted by Gasteiger charge is -2.13. The van der Waals surface area contributed by atoms with Crippen LogP contribution in [0.4, 0.5) is 14.5 Å². The van der Waals surface area contributed by atoms with E-state index in [9.17, 15) is 23.7 Å². The molecule has 1 amide bonds. The average Bonchev–Trinajstić information content (AvgIpc) is 2.37. The molecule has 0 saturated carbocycles. The molecule has 1 aromatic rings. The fourth-order valence-corrected chi connectivity index (χ4v) is 1.27. The van der Waals surface area contributed by atoms with E-state index in [-0.39, 0.29) is 12.1 Å². The summed E-state index contributed by atoms with van der Waals surface area (Å²) in [4.78, 5) is 21.2. The average molecular weight is 274 g/mol. The summed E-state index contributed by atoms with van der Waals surface area (Å²) in [5, 5.41) is 20.7. The molecule has 0 aliphatic heterocycles. The highest BCUT2D eigenvalue weighted by molar-refractivity contribution is 5.78. The van der Waals surface area contributed by atoms with Crippen molar-refractivity contribution >= 4 is 11.6 Å². The molecule has 0 spiro atoms. The Morgan fingerprint density at radius 3 is 2.42 bits per heavy atom. The van der Waals surface area contributed by atoms with E-state index in [0.29, 0.717) is 5.56 Å². The number of aliphatic hydroxyl groups excluding tert-OH is 1. The first kappa shape index (κ1) is 15.0. The van der Waals surface area contributed by atoms with E-state index in [4.69, 9.17) is 5.11 Å². The SMILES string of the molecule is O=C(Cc1ccc([N+](=O)[O-])cc1)NCC(F)(F)CO. The smallest absolute Gasteiger partial charge is 0.287 e. The number of alkyl halides is 2. The van der Waals surface area contributed by atoms with E-state index in [1.54, 1.807) is 0 Å². The van der Waals surface area contributed by atoms with Crippen molar-refractivity contribution in [3.8, 4) is 0 Å². The van der Waals surface area contributed by atoms with Gasteiger partial charge in [0.05, 0.1) is 17.9 Å². The lowest BCUT2D eigenvalue weighted by atomic mass is 10.1. The summed E-state index contributed by atoms with van der Waals surface area (Å²) >= 11 is 0. The van der Waals surface area contributed by atoms with E-state index in [2.05, 4.69) is 0 Å². The third-order valence-corrected chi connectivity index (χ3v) is 2.29. The predicted octanol–water partition coefficient (Wildman–Crippen LogP) is 0.881. The minimum Gasteiger partial charge on any atom is -0.390 e. The molecule has 0 bridgehead atoms. The van der Waals surface area contributed by atoms with Crippen LogP contribution in [0.15, 0.2) is 24.3 Å². The molecule has 0 saturated heterocycles. The highest BCUT2D eigenvalue weighted by Crippen LogP contribution is 2.13. The van der Waals surface area contributed by atoms with Crippen molar-refractivity contribution < 1.29 is 23.6 Å². The largest absolute Gasteiger partial charge is 0.390 e. The zero-order valence-electron chi connectivity index (χ0n) is 9.81. The molecule has 104 valence electrons. The number of nitrogens with one attached hydrogen (secondary N) is 1. The summed E-state index contributed by atoms with van der Waals surface area (Å²) in [6.07, 6.45) is -0.167. The summed E-state index contributed by atoms with van der Waals surface area (Å²) in [5.74, 6) is -4.01. The summed E-state index contributed by atoms with van der Waals surface area (Å²) in [7, 11) is 0. The molecule has 2 N–H and O–H groups in total. The van der Waals surface area contributed by atoms with Crippen molar-refractivity contribution in [3.05, 3.63) is 39.9 Å². The van der Waals surface area contributed by atoms with Crippen LogP contribution in [0.25, 0.3) is 0 Å². The van der Waals surface area contributed by atoms with Crippen LogP contribution in [0.5, 0.6) is 0 Å². The second kappa shape index (κ2) is 6.19. The van der Waals surface area contributed by atoms with Crippen molar-refractivity contribution in [2.24, 2.45) is 0 Å². The highest BCUT2D eigenvalue weighted by atomic mass is 19.3. The number of nitro groups is 1. The highest BCUT2D eigenvalue weighted by Gasteiger charge is 2.28. The van der Waals surface area contributed by atoms with Gasteiger partial charge in [-0.05, 0) is 5.56 Å². The van der Waals surface area contributed by atoms with Gasteiger partial charge in [-0.2, -0.15) is 0 Å². The first-order chi connectivity index (χ1) is 8.84. The molecule has 8 heteroatoms. The van der Waals surface area contributed by atoms with Gasteiger partial charge in [-0.3, -0.25) is 14.9 Å². The Morgan fingerprint density at radius 1 is 1.37 bits per heavy atom. The zero-order chi connectivity index (χ0) is 14.5. The van der Waals surface area contributed by atoms with Gasteiger partial charge in [0.15, 0.2) is 0 Å². The normalized spacial score (nSPS) is 11.1. The van der Waals surface area contributed by atoms with Gasteiger partial charge in [-0.1, -0.05) is 12.1 Å². The van der Waals surface area contributed by atoms with Gasteiger partial charge >= 0.3 is 0 Å². The number of hydrogen-bond donors (Lipinski definition) is 2. The summed E-state index contributed by atoms with van der Waals surface area (Å²) in [5.41, 5.74) is 0.353. The Labute approximate surface area is 107 Å². The fraction of sp³-hybridized carbons (Fsp3) is 0.364. The number of hydrogen-bond acceptors (Lipinski definition) is 4. The quantitative estimate of drug-likeness (QED) is 0.595. The van der Waals surface area contributed by atoms with Crippen molar-refractivity contribution in [2.75, 3.05) is 13.2 Å². The second-order valence-electron chi connectivity index (χ2n) is 3.89. The standard InChI is InChI=1S/C11H12F2N2O4/c12-11(13,7-16)6-14-10(17)5-8-1-3-9(4-2-8)15(18)19/h1-4,16H,5-7H2,(H,14,17). The van der Waals surface area contributed by atoms with Crippen LogP contribution in [-0.2, 0) is 11.2 Å². The number of amides is 1. The molecule has 0 unspecified atom stereocenters. The topological polar surface area (TPSA) is 92.5 Å². The van der Waals surface area contributed by atoms with Crippen molar-refractivity contribution in [1.82, 2.24) is 5.32 Å². The molecule has 19 heavy (non-hydrogen) atoms. The van der Waals surface area contributed by atoms with Crippen LogP contribution < -0.4 is 5.32 Å². The molecular formula is C11H12F2N2O4. The van der Waals surface area contributed by atoms with E-state index in [1.807, 2.05) is 5.32 Å². The lowest BCUT2D eigenvalue weighted by Crippen LogP contribution is -2.39. The van der Waals surface area contributed by atoms with Gasteiger partial charge in [0.25, 0.3) is 11.6 Å². The monoisotopic (exact) mass is 274 g/mol. The van der Waals surface area contributed by atoms with Crippen LogP contribution >= 0.6 is 0 Å². The van der Waals surface area contributed by atoms with Gasteiger partial charge in [-0.15, -0.1) is 0 Å². The predicted molar refractivity (Wildman–Crippen MR) is 61.8 cm³/mol. The Hall–Kier alpha value is -2.09. The number of halogens is 2. The molecule has 0 heterocycles. The lowest BCUT2D eigenvalue weighted by molar-refractivity contribution is -0.384. The number of nitro benzene ring substituents is 1. The first-order valence-corrected chi connectivity index (χ1v) is 5.33. The van der Waals surface area contributed by atoms with E-state index in [1.165, 1.54) is 24.3 Å². The molecule has 0 aliphatic rings. The first-order valence-electron chi connectivity index (χ1n) is 5.33. The molecule has 1 rings (SSSR count). The number of aliphatic hydroxyl groups is 1. The van der Waals surface area contributed by atoms with Crippen molar-refractivity contribution in [2.45, 2.75) is 12.3 Å². The Bertz CT molecular complexity index is 462. The molecule has 6 nitrogen and oxygen atoms in total. The molecule has 0 radical (unpaired) electrons. The Kier molecular flexibility index (Phi) is 4.87. The Balaban J connectivity index is 2.51. The van der Waals surface area contributed by atoms with Crippen LogP contribution in [0.1, 0.15) is 5.56 Å². The molecule has 0 aliphatic carbocycles. The van der Waals surface area contributed by atoms with Crippen LogP contribution in [0.3, 0.4) is 0 Å². The molecule has 0 aromatic heterocycles. The van der Waals surface area contributed by atoms with E-state index < -0.39 is 29.9 Å². The third kappa shape index (κ3) is 4.96. The molecular weight excluding hydrogens is 262 g/mol. The maximum absolute atomic E-state index is 12.7. The van der Waals surface area contributed by atoms with Crippen molar-refractivity contribution in [1.29, 1.82) is 0 Å². The molecule has 0 fully saturated rings. The van der Waals surface area contributed by atoms with Gasteiger partial charge in [-0.25, -0.2) is 8.78 Å². The maximum atomic E-state index is 12.7. The fourth-order valence-electron chi connectivity index (χ4n) is 1.27. The summed E-state index contributed by atoms with van der Waals surface area (Å²) in [6, 6.07) is 5.21. The maximum Gasteiger partial charge on any atom is 0.287 e. The number of non-ortho nitro benzene ring substituents is 1. The zero-order valence-corrected chi connectivity index (χ0v) is 9.81. The number of rotatable bonds is 6. The number of benzene rings is 1. The summed E-state index contributed by atoms with van der Waals surface area (Å²) in [6.45, 7) is -2.29. The van der Waals surface area contributed by atoms with Gasteiger partial charge in [0.2, 0.25) is 5.91 Å². The minimum atomic E-state index is -3.36. The van der Waals surface area contributed by atoms with E-state index in [0.717, 1.165) is 0 Å². The molecule has 0 atom stereocenters. The van der Waals surface area contributed by atoms with Crippen LogP contribution in [0.2, 0.25) is 0 Å². The second-order valence-corrected chi connectivity index (χ2v) is 3.89.